The second kappa shape index (κ2) is 5.04. The Morgan fingerprint density at radius 2 is 2.33 bits per heavy atom. The predicted molar refractivity (Wildman–Crippen MR) is 51.6 cm³/mol. The number of aromatic nitrogens is 1. The van der Waals surface area contributed by atoms with Crippen molar-refractivity contribution in [2.24, 2.45) is 0 Å². The van der Waals surface area contributed by atoms with Gasteiger partial charge in [-0.2, -0.15) is 0 Å². The third-order valence-electron chi connectivity index (χ3n) is 1.31. The van der Waals surface area contributed by atoms with Crippen LogP contribution in [0.3, 0.4) is 0 Å². The Bertz CT molecular complexity index is 256. The van der Waals surface area contributed by atoms with Crippen LogP contribution >= 0.6 is 15.9 Å². The zero-order valence-corrected chi connectivity index (χ0v) is 8.09. The van der Waals surface area contributed by atoms with Crippen LogP contribution in [0.5, 0.6) is 0 Å². The van der Waals surface area contributed by atoms with Gasteiger partial charge in [0.15, 0.2) is 0 Å². The van der Waals surface area contributed by atoms with Gasteiger partial charge in [-0.15, -0.1) is 0 Å². The Morgan fingerprint density at radius 3 is 2.92 bits per heavy atom. The summed E-state index contributed by atoms with van der Waals surface area (Å²) in [6.45, 7) is 0. The Morgan fingerprint density at radius 1 is 1.50 bits per heavy atom. The summed E-state index contributed by atoms with van der Waals surface area (Å²) in [5, 5.41) is 0.935. The lowest BCUT2D eigenvalue weighted by Crippen LogP contribution is -1.81. The third kappa shape index (κ3) is 3.13. The van der Waals surface area contributed by atoms with Crippen LogP contribution in [-0.2, 0) is 0 Å². The Hall–Kier alpha value is -0.700. The van der Waals surface area contributed by atoms with Crippen molar-refractivity contribution >= 4 is 22.0 Å². The quantitative estimate of drug-likeness (QED) is 0.727. The molecule has 1 rings (SSSR count). The molecule has 0 radical (unpaired) electrons. The van der Waals surface area contributed by atoms with Crippen LogP contribution in [0.25, 0.3) is 6.08 Å². The summed E-state index contributed by atoms with van der Waals surface area (Å²) in [6, 6.07) is 3.06. The lowest BCUT2D eigenvalue weighted by atomic mass is 10.3. The summed E-state index contributed by atoms with van der Waals surface area (Å²) in [6.07, 6.45) is 6.04. The first-order valence-corrected chi connectivity index (χ1v) is 4.79. The molecule has 0 amide bonds. The molecule has 12 heavy (non-hydrogen) atoms. The summed E-state index contributed by atoms with van der Waals surface area (Å²) < 4.78 is 12.4. The van der Waals surface area contributed by atoms with Crippen molar-refractivity contribution < 1.29 is 4.39 Å². The number of rotatable bonds is 3. The molecular formula is C9H9BrFN. The van der Waals surface area contributed by atoms with Crippen LogP contribution in [0, 0.1) is 5.82 Å². The fourth-order valence-electron chi connectivity index (χ4n) is 0.753. The van der Waals surface area contributed by atoms with Gasteiger partial charge in [0.25, 0.3) is 0 Å². The SMILES string of the molecule is Fc1ccc(C=CCCBr)nc1. The Kier molecular flexibility index (Phi) is 3.94. The Labute approximate surface area is 79.5 Å². The fourth-order valence-corrected chi connectivity index (χ4v) is 1.02. The van der Waals surface area contributed by atoms with Gasteiger partial charge in [-0.1, -0.05) is 22.0 Å². The van der Waals surface area contributed by atoms with E-state index in [1.54, 1.807) is 6.07 Å². The first kappa shape index (κ1) is 9.39. The summed E-state index contributed by atoms with van der Waals surface area (Å²) in [5.74, 6) is -0.298. The number of nitrogens with zero attached hydrogens (tertiary/aromatic N) is 1. The van der Waals surface area contributed by atoms with Gasteiger partial charge in [0.1, 0.15) is 5.82 Å². The lowest BCUT2D eigenvalue weighted by Gasteiger charge is -1.90. The molecule has 1 aromatic rings. The summed E-state index contributed by atoms with van der Waals surface area (Å²) in [7, 11) is 0. The number of pyridine rings is 1. The second-order valence-electron chi connectivity index (χ2n) is 2.28. The highest BCUT2D eigenvalue weighted by atomic mass is 79.9. The van der Waals surface area contributed by atoms with Crippen LogP contribution in [0.1, 0.15) is 12.1 Å². The molecule has 64 valence electrons. The summed E-state index contributed by atoms with van der Waals surface area (Å²) in [4.78, 5) is 3.87. The molecule has 0 saturated carbocycles. The van der Waals surface area contributed by atoms with E-state index in [4.69, 9.17) is 0 Å². The highest BCUT2D eigenvalue weighted by Crippen LogP contribution is 2.01. The van der Waals surface area contributed by atoms with Gasteiger partial charge in [-0.25, -0.2) is 4.39 Å². The van der Waals surface area contributed by atoms with Gasteiger partial charge in [0.05, 0.1) is 11.9 Å². The van der Waals surface area contributed by atoms with E-state index in [0.717, 1.165) is 17.4 Å². The third-order valence-corrected chi connectivity index (χ3v) is 1.77. The highest BCUT2D eigenvalue weighted by molar-refractivity contribution is 9.09. The highest BCUT2D eigenvalue weighted by Gasteiger charge is 1.88. The molecule has 0 spiro atoms. The van der Waals surface area contributed by atoms with Gasteiger partial charge in [0, 0.05) is 5.33 Å². The van der Waals surface area contributed by atoms with Crippen LogP contribution < -0.4 is 0 Å². The van der Waals surface area contributed by atoms with Crippen molar-refractivity contribution in [3.63, 3.8) is 0 Å². The molecule has 0 unspecified atom stereocenters. The van der Waals surface area contributed by atoms with E-state index in [9.17, 15) is 4.39 Å². The van der Waals surface area contributed by atoms with E-state index in [-0.39, 0.29) is 5.82 Å². The maximum Gasteiger partial charge on any atom is 0.141 e. The largest absolute Gasteiger partial charge is 0.254 e. The molecule has 1 nitrogen and oxygen atoms in total. The molecule has 1 heterocycles. The maximum absolute atomic E-state index is 12.4. The van der Waals surface area contributed by atoms with E-state index >= 15 is 0 Å². The molecule has 3 heteroatoms. The zero-order chi connectivity index (χ0) is 8.81. The van der Waals surface area contributed by atoms with Gasteiger partial charge in [-0.05, 0) is 24.6 Å². The van der Waals surface area contributed by atoms with Crippen molar-refractivity contribution in [2.75, 3.05) is 5.33 Å². The van der Waals surface area contributed by atoms with Crippen molar-refractivity contribution in [1.29, 1.82) is 0 Å². The normalized spacial score (nSPS) is 10.8. The smallest absolute Gasteiger partial charge is 0.141 e. The summed E-state index contributed by atoms with van der Waals surface area (Å²) >= 11 is 3.30. The van der Waals surface area contributed by atoms with E-state index in [1.807, 2.05) is 12.2 Å². The minimum absolute atomic E-state index is 0.298. The van der Waals surface area contributed by atoms with Gasteiger partial charge in [-0.3, -0.25) is 4.98 Å². The molecule has 0 aliphatic carbocycles. The molecule has 0 aliphatic rings. The van der Waals surface area contributed by atoms with E-state index in [0.29, 0.717) is 0 Å². The van der Waals surface area contributed by atoms with Crippen LogP contribution in [0.2, 0.25) is 0 Å². The standard InChI is InChI=1S/C9H9BrFN/c10-6-2-1-3-9-5-4-8(11)7-12-9/h1,3-5,7H,2,6H2. The lowest BCUT2D eigenvalue weighted by molar-refractivity contribution is 0.621. The number of alkyl halides is 1. The predicted octanol–water partition coefficient (Wildman–Crippen LogP) is 3.02. The molecule has 1 aromatic heterocycles. The van der Waals surface area contributed by atoms with E-state index < -0.39 is 0 Å². The van der Waals surface area contributed by atoms with Gasteiger partial charge < -0.3 is 0 Å². The number of halogens is 2. The summed E-state index contributed by atoms with van der Waals surface area (Å²) in [5.41, 5.74) is 0.789. The number of allylic oxidation sites excluding steroid dienone is 1. The van der Waals surface area contributed by atoms with Crippen LogP contribution in [-0.4, -0.2) is 10.3 Å². The van der Waals surface area contributed by atoms with E-state index in [1.165, 1.54) is 12.3 Å². The minimum atomic E-state index is -0.298. The number of hydrogen-bond donors (Lipinski definition) is 0. The molecule has 0 fully saturated rings. The monoisotopic (exact) mass is 229 g/mol. The van der Waals surface area contributed by atoms with Crippen LogP contribution in [0.15, 0.2) is 24.4 Å². The van der Waals surface area contributed by atoms with Crippen molar-refractivity contribution in [3.8, 4) is 0 Å². The molecular weight excluding hydrogens is 221 g/mol. The molecule has 0 aliphatic heterocycles. The van der Waals surface area contributed by atoms with Gasteiger partial charge in [0.2, 0.25) is 0 Å². The second-order valence-corrected chi connectivity index (χ2v) is 3.07. The topological polar surface area (TPSA) is 12.9 Å². The van der Waals surface area contributed by atoms with E-state index in [2.05, 4.69) is 20.9 Å². The number of hydrogen-bond acceptors (Lipinski definition) is 1. The van der Waals surface area contributed by atoms with Gasteiger partial charge >= 0.3 is 0 Å². The fraction of sp³-hybridized carbons (Fsp3) is 0.222. The maximum atomic E-state index is 12.4. The van der Waals surface area contributed by atoms with Crippen molar-refractivity contribution in [3.05, 3.63) is 35.9 Å². The molecule has 0 bridgehead atoms. The Balaban J connectivity index is 2.58. The average molecular weight is 230 g/mol. The minimum Gasteiger partial charge on any atom is -0.254 e. The first-order valence-electron chi connectivity index (χ1n) is 3.67. The molecule has 0 aromatic carbocycles. The zero-order valence-electron chi connectivity index (χ0n) is 6.50. The molecule has 0 atom stereocenters. The molecule has 0 saturated heterocycles. The van der Waals surface area contributed by atoms with Crippen molar-refractivity contribution in [2.45, 2.75) is 6.42 Å². The van der Waals surface area contributed by atoms with Crippen molar-refractivity contribution in [1.82, 2.24) is 4.98 Å². The first-order chi connectivity index (χ1) is 5.83. The average Bonchev–Trinajstić information content (AvgIpc) is 2.09. The molecule has 0 N–H and O–H groups in total. The van der Waals surface area contributed by atoms with Crippen LogP contribution in [0.4, 0.5) is 4.39 Å².